The standard InChI is InChI=1S/C13H15FN2O2S2/c1-2-5-18-13(17)16-4-3-9(6-10(16)7-14)11-8-20-12(19)15-11/h2-3,8,10H,1,4-7H2,(H,15,19)/t10-/m0/s1. The molecule has 0 aliphatic carbocycles. The zero-order valence-corrected chi connectivity index (χ0v) is 12.4. The number of H-pyrrole nitrogens is 1. The summed E-state index contributed by atoms with van der Waals surface area (Å²) in [5.74, 6) is 0. The van der Waals surface area contributed by atoms with Crippen LogP contribution in [0.3, 0.4) is 0 Å². The lowest BCUT2D eigenvalue weighted by Crippen LogP contribution is -2.44. The number of nitrogens with one attached hydrogen (secondary N) is 1. The Morgan fingerprint density at radius 3 is 3.15 bits per heavy atom. The lowest BCUT2D eigenvalue weighted by molar-refractivity contribution is 0.0923. The zero-order chi connectivity index (χ0) is 14.5. The van der Waals surface area contributed by atoms with Gasteiger partial charge in [0.2, 0.25) is 0 Å². The molecule has 0 bridgehead atoms. The molecule has 0 saturated heterocycles. The van der Waals surface area contributed by atoms with Crippen molar-refractivity contribution >= 4 is 35.2 Å². The van der Waals surface area contributed by atoms with Gasteiger partial charge < -0.3 is 9.72 Å². The Morgan fingerprint density at radius 2 is 2.55 bits per heavy atom. The van der Waals surface area contributed by atoms with Gasteiger partial charge in [0.15, 0.2) is 3.95 Å². The highest BCUT2D eigenvalue weighted by atomic mass is 32.1. The van der Waals surface area contributed by atoms with Crippen molar-refractivity contribution in [3.05, 3.63) is 33.8 Å². The SMILES string of the molecule is C=CCOC(=O)N1CC=C(c2csc(=S)[nH]2)C[C@H]1CF. The molecule has 4 nitrogen and oxygen atoms in total. The first-order valence-electron chi connectivity index (χ1n) is 6.13. The molecule has 1 amide bonds. The maximum atomic E-state index is 13.2. The number of aromatic amines is 1. The molecule has 2 heterocycles. The second-order valence-corrected chi connectivity index (χ2v) is 5.87. The number of rotatable bonds is 4. The number of ether oxygens (including phenoxy) is 1. The van der Waals surface area contributed by atoms with Gasteiger partial charge in [-0.3, -0.25) is 4.90 Å². The predicted molar refractivity (Wildman–Crippen MR) is 80.1 cm³/mol. The van der Waals surface area contributed by atoms with Crippen molar-refractivity contribution in [1.82, 2.24) is 9.88 Å². The van der Waals surface area contributed by atoms with Crippen LogP contribution in [0.2, 0.25) is 0 Å². The van der Waals surface area contributed by atoms with Crippen LogP contribution in [-0.2, 0) is 4.74 Å². The number of aromatic nitrogens is 1. The summed E-state index contributed by atoms with van der Waals surface area (Å²) in [4.78, 5) is 16.3. The molecule has 0 radical (unpaired) electrons. The molecule has 2 rings (SSSR count). The first kappa shape index (κ1) is 14.9. The largest absolute Gasteiger partial charge is 0.445 e. The Morgan fingerprint density at radius 1 is 1.75 bits per heavy atom. The first-order chi connectivity index (χ1) is 9.65. The second kappa shape index (κ2) is 6.81. The maximum absolute atomic E-state index is 13.2. The number of hydrogen-bond donors (Lipinski definition) is 1. The molecule has 0 saturated carbocycles. The van der Waals surface area contributed by atoms with Gasteiger partial charge in [-0.15, -0.1) is 11.3 Å². The number of alkyl halides is 1. The maximum Gasteiger partial charge on any atom is 0.410 e. The Labute approximate surface area is 125 Å². The Kier molecular flexibility index (Phi) is 5.08. The summed E-state index contributed by atoms with van der Waals surface area (Å²) in [5, 5.41) is 1.91. The molecule has 1 aliphatic heterocycles. The minimum atomic E-state index is -0.606. The van der Waals surface area contributed by atoms with E-state index in [4.69, 9.17) is 17.0 Å². The fourth-order valence-corrected chi connectivity index (χ4v) is 2.90. The third-order valence-electron chi connectivity index (χ3n) is 3.03. The van der Waals surface area contributed by atoms with Crippen LogP contribution in [0.15, 0.2) is 24.1 Å². The van der Waals surface area contributed by atoms with E-state index in [1.807, 2.05) is 11.5 Å². The van der Waals surface area contributed by atoms with E-state index in [1.54, 1.807) is 0 Å². The molecule has 20 heavy (non-hydrogen) atoms. The van der Waals surface area contributed by atoms with Crippen molar-refractivity contribution in [3.8, 4) is 0 Å². The molecule has 1 aromatic rings. The van der Waals surface area contributed by atoms with Crippen LogP contribution in [0.1, 0.15) is 12.1 Å². The van der Waals surface area contributed by atoms with Gasteiger partial charge in [0, 0.05) is 11.9 Å². The molecule has 1 aliphatic rings. The Balaban J connectivity index is 2.12. The van der Waals surface area contributed by atoms with Crippen molar-refractivity contribution < 1.29 is 13.9 Å². The molecule has 1 aromatic heterocycles. The molecule has 108 valence electrons. The van der Waals surface area contributed by atoms with Crippen molar-refractivity contribution in [2.24, 2.45) is 0 Å². The fourth-order valence-electron chi connectivity index (χ4n) is 2.04. The van der Waals surface area contributed by atoms with Gasteiger partial charge in [-0.05, 0) is 24.2 Å². The lowest BCUT2D eigenvalue weighted by atomic mass is 9.99. The van der Waals surface area contributed by atoms with Gasteiger partial charge in [-0.25, -0.2) is 9.18 Å². The lowest BCUT2D eigenvalue weighted by Gasteiger charge is -2.32. The van der Waals surface area contributed by atoms with E-state index in [0.29, 0.717) is 16.9 Å². The summed E-state index contributed by atoms with van der Waals surface area (Å²) in [5.41, 5.74) is 1.88. The zero-order valence-electron chi connectivity index (χ0n) is 10.8. The molecular weight excluding hydrogens is 299 g/mol. The average molecular weight is 314 g/mol. The molecule has 0 spiro atoms. The third kappa shape index (κ3) is 3.34. The fraction of sp³-hybridized carbons (Fsp3) is 0.385. The minimum absolute atomic E-state index is 0.128. The molecule has 0 fully saturated rings. The topological polar surface area (TPSA) is 45.3 Å². The number of carbonyl (C=O) groups excluding carboxylic acids is 1. The number of carbonyl (C=O) groups is 1. The molecule has 0 unspecified atom stereocenters. The normalized spacial score (nSPS) is 18.6. The van der Waals surface area contributed by atoms with E-state index in [1.165, 1.54) is 22.3 Å². The highest BCUT2D eigenvalue weighted by Crippen LogP contribution is 2.27. The van der Waals surface area contributed by atoms with Crippen LogP contribution in [-0.4, -0.2) is 41.8 Å². The quantitative estimate of drug-likeness (QED) is 0.683. The summed E-state index contributed by atoms with van der Waals surface area (Å²) in [6.07, 6.45) is 3.32. The van der Waals surface area contributed by atoms with Gasteiger partial charge in [-0.2, -0.15) is 0 Å². The van der Waals surface area contributed by atoms with E-state index < -0.39 is 18.8 Å². The van der Waals surface area contributed by atoms with Crippen molar-refractivity contribution in [3.63, 3.8) is 0 Å². The van der Waals surface area contributed by atoms with Crippen LogP contribution in [0.25, 0.3) is 5.57 Å². The Bertz CT molecular complexity index is 579. The molecular formula is C13H15FN2O2S2. The minimum Gasteiger partial charge on any atom is -0.445 e. The van der Waals surface area contributed by atoms with Gasteiger partial charge in [0.05, 0.1) is 11.7 Å². The van der Waals surface area contributed by atoms with Crippen LogP contribution in [0.5, 0.6) is 0 Å². The summed E-state index contributed by atoms with van der Waals surface area (Å²) in [6, 6.07) is -0.505. The average Bonchev–Trinajstić information content (AvgIpc) is 2.90. The van der Waals surface area contributed by atoms with E-state index in [-0.39, 0.29) is 6.61 Å². The molecule has 1 atom stereocenters. The summed E-state index contributed by atoms with van der Waals surface area (Å²) in [7, 11) is 0. The number of amides is 1. The Hall–Kier alpha value is -1.47. The van der Waals surface area contributed by atoms with E-state index in [2.05, 4.69) is 11.6 Å². The molecule has 1 N–H and O–H groups in total. The van der Waals surface area contributed by atoms with Crippen LogP contribution < -0.4 is 0 Å². The molecule has 7 heteroatoms. The summed E-state index contributed by atoms with van der Waals surface area (Å²) >= 11 is 6.47. The van der Waals surface area contributed by atoms with Crippen LogP contribution >= 0.6 is 23.6 Å². The van der Waals surface area contributed by atoms with Crippen LogP contribution in [0.4, 0.5) is 9.18 Å². The highest BCUT2D eigenvalue weighted by molar-refractivity contribution is 7.73. The van der Waals surface area contributed by atoms with Gasteiger partial charge in [-0.1, -0.05) is 18.7 Å². The van der Waals surface area contributed by atoms with E-state index in [9.17, 15) is 9.18 Å². The smallest absolute Gasteiger partial charge is 0.410 e. The predicted octanol–water partition coefficient (Wildman–Crippen LogP) is 3.56. The van der Waals surface area contributed by atoms with Gasteiger partial charge >= 0.3 is 6.09 Å². The summed E-state index contributed by atoms with van der Waals surface area (Å²) in [6.45, 7) is 3.33. The van der Waals surface area contributed by atoms with Crippen molar-refractivity contribution in [2.75, 3.05) is 19.8 Å². The number of hydrogen-bond acceptors (Lipinski definition) is 4. The molecule has 0 aromatic carbocycles. The summed E-state index contributed by atoms with van der Waals surface area (Å²) < 4.78 is 18.8. The van der Waals surface area contributed by atoms with Gasteiger partial charge in [0.1, 0.15) is 13.3 Å². The highest BCUT2D eigenvalue weighted by Gasteiger charge is 2.29. The van der Waals surface area contributed by atoms with Crippen molar-refractivity contribution in [1.29, 1.82) is 0 Å². The third-order valence-corrected chi connectivity index (χ3v) is 4.09. The first-order valence-corrected chi connectivity index (χ1v) is 7.42. The van der Waals surface area contributed by atoms with Gasteiger partial charge in [0.25, 0.3) is 0 Å². The van der Waals surface area contributed by atoms with E-state index in [0.717, 1.165) is 11.3 Å². The van der Waals surface area contributed by atoms with E-state index >= 15 is 0 Å². The van der Waals surface area contributed by atoms with Crippen LogP contribution in [0, 0.1) is 3.95 Å². The monoisotopic (exact) mass is 314 g/mol. The number of halogens is 1. The second-order valence-electron chi connectivity index (χ2n) is 4.32. The van der Waals surface area contributed by atoms with Crippen molar-refractivity contribution in [2.45, 2.75) is 12.5 Å². The number of nitrogens with zero attached hydrogens (tertiary/aromatic N) is 1. The number of thiazole rings is 1.